The Labute approximate surface area is 210 Å². The molecule has 1 saturated heterocycles. The van der Waals surface area contributed by atoms with Crippen molar-refractivity contribution in [1.82, 2.24) is 14.7 Å². The molecule has 186 valence electrons. The molecule has 2 heterocycles. The summed E-state index contributed by atoms with van der Waals surface area (Å²) in [6.45, 7) is 1.12. The van der Waals surface area contributed by atoms with Gasteiger partial charge in [0.05, 0.1) is 22.1 Å². The zero-order valence-electron chi connectivity index (χ0n) is 19.4. The summed E-state index contributed by atoms with van der Waals surface area (Å²) in [4.78, 5) is 51.7. The topological polar surface area (TPSA) is 110 Å². The van der Waals surface area contributed by atoms with Crippen molar-refractivity contribution >= 4 is 45.9 Å². The van der Waals surface area contributed by atoms with Crippen LogP contribution in [0, 0.1) is 11.7 Å². The second-order valence-corrected chi connectivity index (χ2v) is 9.80. The number of nitrogens with zero attached hydrogens (tertiary/aromatic N) is 3. The molecular formula is C26H23ClFN3O5. The minimum Gasteiger partial charge on any atom is -0.478 e. The van der Waals surface area contributed by atoms with Crippen LogP contribution in [0.3, 0.4) is 0 Å². The Morgan fingerprint density at radius 3 is 2.67 bits per heavy atom. The van der Waals surface area contributed by atoms with Gasteiger partial charge in [0.1, 0.15) is 18.1 Å². The van der Waals surface area contributed by atoms with E-state index in [2.05, 4.69) is 5.10 Å². The molecule has 1 aliphatic heterocycles. The van der Waals surface area contributed by atoms with E-state index in [1.54, 1.807) is 17.0 Å². The smallest absolute Gasteiger partial charge is 0.335 e. The molecule has 5 rings (SSSR count). The van der Waals surface area contributed by atoms with Crippen molar-refractivity contribution in [1.29, 1.82) is 0 Å². The van der Waals surface area contributed by atoms with Crippen molar-refractivity contribution < 1.29 is 28.7 Å². The van der Waals surface area contributed by atoms with E-state index in [-0.39, 0.29) is 65.1 Å². The molecule has 1 amide bonds. The van der Waals surface area contributed by atoms with E-state index in [1.807, 2.05) is 0 Å². The lowest BCUT2D eigenvalue weighted by atomic mass is 10.00. The number of halogens is 2. The molecular weight excluding hydrogens is 489 g/mol. The van der Waals surface area contributed by atoms with Crippen molar-refractivity contribution in [3.8, 4) is 0 Å². The number of aromatic nitrogens is 2. The second-order valence-electron chi connectivity index (χ2n) is 9.39. The van der Waals surface area contributed by atoms with E-state index in [0.717, 1.165) is 6.42 Å². The van der Waals surface area contributed by atoms with Gasteiger partial charge in [-0.05, 0) is 55.0 Å². The van der Waals surface area contributed by atoms with Crippen LogP contribution in [0.15, 0.2) is 36.4 Å². The molecule has 36 heavy (non-hydrogen) atoms. The fourth-order valence-electron chi connectivity index (χ4n) is 5.17. The predicted octanol–water partition coefficient (Wildman–Crippen LogP) is 3.92. The lowest BCUT2D eigenvalue weighted by Gasteiger charge is -2.27. The third kappa shape index (κ3) is 4.28. The summed E-state index contributed by atoms with van der Waals surface area (Å²) in [5, 5.41) is 14.1. The molecule has 1 aromatic heterocycles. The first-order valence-electron chi connectivity index (χ1n) is 11.7. The first-order valence-corrected chi connectivity index (χ1v) is 12.0. The molecule has 3 atom stereocenters. The van der Waals surface area contributed by atoms with Crippen LogP contribution in [-0.4, -0.2) is 55.3 Å². The van der Waals surface area contributed by atoms with Gasteiger partial charge in [0.15, 0.2) is 11.6 Å². The van der Waals surface area contributed by atoms with Gasteiger partial charge in [0.2, 0.25) is 5.91 Å². The molecule has 10 heteroatoms. The number of fused-ring (bicyclic) bond motifs is 2. The zero-order chi connectivity index (χ0) is 25.7. The molecule has 0 unspecified atom stereocenters. The number of carbonyl (C=O) groups is 4. The van der Waals surface area contributed by atoms with Crippen molar-refractivity contribution in [2.75, 3.05) is 0 Å². The SMILES string of the molecule is CC(=O)c1nn(CC(=O)N2[C@@H]3C[C@@H]3C[C@H]2C(=O)CCc2cccc(Cl)c2F)c2cc(C(=O)O)ccc12. The number of rotatable bonds is 8. The number of Topliss-reactive ketones (excluding diaryl/α,β-unsaturated/α-hetero) is 2. The molecule has 2 fully saturated rings. The summed E-state index contributed by atoms with van der Waals surface area (Å²) in [5.74, 6) is -2.19. The second kappa shape index (κ2) is 9.13. The van der Waals surface area contributed by atoms with E-state index in [4.69, 9.17) is 11.6 Å². The van der Waals surface area contributed by atoms with Crippen LogP contribution < -0.4 is 0 Å². The molecule has 0 bridgehead atoms. The molecule has 2 aromatic carbocycles. The van der Waals surface area contributed by atoms with Gasteiger partial charge in [-0.25, -0.2) is 9.18 Å². The van der Waals surface area contributed by atoms with Gasteiger partial charge in [-0.15, -0.1) is 0 Å². The number of benzene rings is 2. The zero-order valence-corrected chi connectivity index (χ0v) is 20.2. The summed E-state index contributed by atoms with van der Waals surface area (Å²) >= 11 is 5.84. The highest BCUT2D eigenvalue weighted by atomic mass is 35.5. The molecule has 3 aromatic rings. The fourth-order valence-corrected chi connectivity index (χ4v) is 5.36. The highest BCUT2D eigenvalue weighted by Gasteiger charge is 2.55. The van der Waals surface area contributed by atoms with E-state index in [1.165, 1.54) is 35.9 Å². The van der Waals surface area contributed by atoms with Crippen LogP contribution in [0.5, 0.6) is 0 Å². The molecule has 1 saturated carbocycles. The minimum absolute atomic E-state index is 0.00120. The third-order valence-corrected chi connectivity index (χ3v) is 7.35. The van der Waals surface area contributed by atoms with Crippen molar-refractivity contribution in [2.24, 2.45) is 5.92 Å². The Kier molecular flexibility index (Phi) is 6.12. The van der Waals surface area contributed by atoms with Gasteiger partial charge in [0, 0.05) is 24.8 Å². The Morgan fingerprint density at radius 2 is 1.94 bits per heavy atom. The Balaban J connectivity index is 1.37. The number of hydrogen-bond acceptors (Lipinski definition) is 5. The number of carboxylic acid groups (broad SMARTS) is 1. The summed E-state index contributed by atoms with van der Waals surface area (Å²) < 4.78 is 15.6. The maximum atomic E-state index is 14.2. The Morgan fingerprint density at radius 1 is 1.17 bits per heavy atom. The number of amides is 1. The van der Waals surface area contributed by atoms with Crippen molar-refractivity contribution in [3.05, 3.63) is 64.1 Å². The summed E-state index contributed by atoms with van der Waals surface area (Å²) in [7, 11) is 0. The van der Waals surface area contributed by atoms with Crippen LogP contribution in [0.2, 0.25) is 5.02 Å². The van der Waals surface area contributed by atoms with Crippen molar-refractivity contribution in [3.63, 3.8) is 0 Å². The quantitative estimate of drug-likeness (QED) is 0.459. The number of carboxylic acids is 1. The normalized spacial score (nSPS) is 20.4. The first kappa shape index (κ1) is 24.1. The van der Waals surface area contributed by atoms with E-state index < -0.39 is 17.8 Å². The number of aryl methyl sites for hydroxylation is 1. The number of aromatic carboxylic acids is 1. The fraction of sp³-hybridized carbons (Fsp3) is 0.346. The Bertz CT molecular complexity index is 1430. The summed E-state index contributed by atoms with van der Waals surface area (Å²) in [6, 6.07) is 8.31. The van der Waals surface area contributed by atoms with E-state index in [9.17, 15) is 28.7 Å². The van der Waals surface area contributed by atoms with Gasteiger partial charge in [-0.2, -0.15) is 5.10 Å². The number of hydrogen-bond donors (Lipinski definition) is 1. The first-order chi connectivity index (χ1) is 17.2. The van der Waals surface area contributed by atoms with E-state index in [0.29, 0.717) is 22.9 Å². The molecule has 8 nitrogen and oxygen atoms in total. The maximum absolute atomic E-state index is 14.2. The van der Waals surface area contributed by atoms with Crippen LogP contribution >= 0.6 is 11.6 Å². The summed E-state index contributed by atoms with van der Waals surface area (Å²) in [5.41, 5.74) is 0.873. The minimum atomic E-state index is -1.14. The van der Waals surface area contributed by atoms with Crippen LogP contribution in [0.4, 0.5) is 4.39 Å². The van der Waals surface area contributed by atoms with Crippen molar-refractivity contribution in [2.45, 2.75) is 51.2 Å². The number of ketones is 2. The molecule has 1 N–H and O–H groups in total. The van der Waals surface area contributed by atoms with Gasteiger partial charge in [-0.3, -0.25) is 19.1 Å². The third-order valence-electron chi connectivity index (χ3n) is 7.05. The van der Waals surface area contributed by atoms with E-state index >= 15 is 0 Å². The molecule has 1 aliphatic carbocycles. The highest BCUT2D eigenvalue weighted by Crippen LogP contribution is 2.48. The number of carbonyl (C=O) groups excluding carboxylic acids is 3. The van der Waals surface area contributed by atoms with Crippen LogP contribution in [0.25, 0.3) is 10.9 Å². The van der Waals surface area contributed by atoms with Crippen LogP contribution in [0.1, 0.15) is 52.6 Å². The molecule has 2 aliphatic rings. The largest absolute Gasteiger partial charge is 0.478 e. The van der Waals surface area contributed by atoms with Gasteiger partial charge in [0.25, 0.3) is 0 Å². The number of piperidine rings is 1. The highest BCUT2D eigenvalue weighted by molar-refractivity contribution is 6.30. The average molecular weight is 512 g/mol. The molecule has 0 spiro atoms. The predicted molar refractivity (Wildman–Crippen MR) is 129 cm³/mol. The Hall–Kier alpha value is -3.59. The standard InChI is InChI=1S/C26H23ClFN3O5/c1-13(32)25-17-7-5-15(26(35)36)9-20(17)30(29-25)12-23(34)31-19-10-16(19)11-21(31)22(33)8-6-14-3-2-4-18(27)24(14)28/h2-5,7,9,16,19,21H,6,8,10-12H2,1H3,(H,35,36)/t16-,19-,21+/m1/s1. The maximum Gasteiger partial charge on any atom is 0.335 e. The lowest BCUT2D eigenvalue weighted by Crippen LogP contribution is -2.44. The van der Waals surface area contributed by atoms with Gasteiger partial charge >= 0.3 is 5.97 Å². The molecule has 0 radical (unpaired) electrons. The lowest BCUT2D eigenvalue weighted by molar-refractivity contribution is -0.139. The van der Waals surface area contributed by atoms with Gasteiger partial charge in [-0.1, -0.05) is 23.7 Å². The van der Waals surface area contributed by atoms with Crippen LogP contribution in [-0.2, 0) is 22.6 Å². The average Bonchev–Trinajstić information content (AvgIpc) is 3.35. The van der Waals surface area contributed by atoms with Gasteiger partial charge < -0.3 is 10.0 Å². The monoisotopic (exact) mass is 511 g/mol. The number of likely N-dealkylation sites (tertiary alicyclic amines) is 1. The summed E-state index contributed by atoms with van der Waals surface area (Å²) in [6.07, 6.45) is 1.64.